The molecule has 2 N–H and O–H groups in total. The Morgan fingerprint density at radius 1 is 1.00 bits per heavy atom. The fraction of sp³-hybridized carbons (Fsp3) is 0.895. The Bertz CT molecular complexity index is 351. The molecular formula is C19H37NO4. The quantitative estimate of drug-likeness (QED) is 0.773. The minimum atomic E-state index is -0.670. The van der Waals surface area contributed by atoms with Gasteiger partial charge in [0, 0.05) is 12.5 Å². The van der Waals surface area contributed by atoms with Gasteiger partial charge in [-0.15, -0.1) is 0 Å². The molecule has 0 bridgehead atoms. The summed E-state index contributed by atoms with van der Waals surface area (Å²) in [6, 6.07) is 0.133. The van der Waals surface area contributed by atoms with E-state index in [1.54, 1.807) is 0 Å². The minimum absolute atomic E-state index is 0.227. The van der Waals surface area contributed by atoms with Crippen molar-refractivity contribution in [3.63, 3.8) is 0 Å². The largest absolute Gasteiger partial charge is 0.481 e. The average Bonchev–Trinajstić information content (AvgIpc) is 3.07. The maximum atomic E-state index is 10.7. The summed E-state index contributed by atoms with van der Waals surface area (Å²) >= 11 is 0. The number of hydrogen-bond donors (Lipinski definition) is 2. The van der Waals surface area contributed by atoms with Crippen LogP contribution in [-0.2, 0) is 9.59 Å². The van der Waals surface area contributed by atoms with E-state index >= 15 is 0 Å². The molecule has 5 nitrogen and oxygen atoms in total. The zero-order valence-corrected chi connectivity index (χ0v) is 16.0. The van der Waals surface area contributed by atoms with Gasteiger partial charge in [-0.2, -0.15) is 0 Å². The molecule has 0 radical (unpaired) electrons. The van der Waals surface area contributed by atoms with Gasteiger partial charge >= 0.3 is 11.9 Å². The van der Waals surface area contributed by atoms with Crippen molar-refractivity contribution >= 4 is 11.9 Å². The lowest BCUT2D eigenvalue weighted by molar-refractivity contribution is -0.142. The molecule has 1 aliphatic heterocycles. The molecule has 0 aromatic rings. The van der Waals surface area contributed by atoms with Crippen LogP contribution in [0.25, 0.3) is 0 Å². The third-order valence-electron chi connectivity index (χ3n) is 4.73. The maximum Gasteiger partial charge on any atom is 0.320 e. The van der Waals surface area contributed by atoms with Crippen LogP contribution in [0.3, 0.4) is 0 Å². The Morgan fingerprint density at radius 2 is 1.58 bits per heavy atom. The second kappa shape index (κ2) is 13.2. The van der Waals surface area contributed by atoms with E-state index in [4.69, 9.17) is 10.2 Å². The smallest absolute Gasteiger partial charge is 0.320 e. The summed E-state index contributed by atoms with van der Waals surface area (Å²) in [6.45, 7) is 9.02. The second-order valence-electron chi connectivity index (χ2n) is 6.76. The van der Waals surface area contributed by atoms with Crippen molar-refractivity contribution in [3.05, 3.63) is 0 Å². The third kappa shape index (κ3) is 9.26. The Morgan fingerprint density at radius 3 is 2.00 bits per heavy atom. The molecule has 1 unspecified atom stereocenters. The third-order valence-corrected chi connectivity index (χ3v) is 4.73. The van der Waals surface area contributed by atoms with Gasteiger partial charge < -0.3 is 10.2 Å². The van der Waals surface area contributed by atoms with E-state index in [-0.39, 0.29) is 6.04 Å². The molecule has 1 aliphatic carbocycles. The molecular weight excluding hydrogens is 306 g/mol. The van der Waals surface area contributed by atoms with E-state index in [1.807, 2.05) is 32.6 Å². The zero-order valence-electron chi connectivity index (χ0n) is 16.0. The van der Waals surface area contributed by atoms with E-state index in [2.05, 4.69) is 0 Å². The van der Waals surface area contributed by atoms with Crippen molar-refractivity contribution in [2.24, 2.45) is 5.92 Å². The van der Waals surface area contributed by atoms with Crippen molar-refractivity contribution < 1.29 is 19.8 Å². The van der Waals surface area contributed by atoms with E-state index in [9.17, 15) is 9.59 Å². The van der Waals surface area contributed by atoms with Gasteiger partial charge in [0.05, 0.1) is 0 Å². The van der Waals surface area contributed by atoms with Gasteiger partial charge in [0.1, 0.15) is 6.04 Å². The van der Waals surface area contributed by atoms with Crippen molar-refractivity contribution in [2.45, 2.75) is 97.6 Å². The van der Waals surface area contributed by atoms with Gasteiger partial charge in [-0.3, -0.25) is 14.5 Å². The highest BCUT2D eigenvalue weighted by Crippen LogP contribution is 2.27. The fourth-order valence-corrected chi connectivity index (χ4v) is 3.48. The van der Waals surface area contributed by atoms with Crippen LogP contribution in [0.15, 0.2) is 0 Å². The van der Waals surface area contributed by atoms with E-state index in [0.717, 1.165) is 25.8 Å². The first-order valence-corrected chi connectivity index (χ1v) is 9.62. The van der Waals surface area contributed by atoms with Crippen LogP contribution >= 0.6 is 0 Å². The SMILES string of the molecule is CC.CC(C)N1CCCC1C(=O)O.O=C(O)CCC1CCCCC1. The van der Waals surface area contributed by atoms with E-state index < -0.39 is 11.9 Å². The highest BCUT2D eigenvalue weighted by Gasteiger charge is 2.31. The molecule has 1 saturated carbocycles. The van der Waals surface area contributed by atoms with Crippen LogP contribution in [-0.4, -0.2) is 45.7 Å². The summed E-state index contributed by atoms with van der Waals surface area (Å²) in [5.74, 6) is -0.605. The molecule has 0 spiro atoms. The number of rotatable bonds is 5. The van der Waals surface area contributed by atoms with Gasteiger partial charge in [0.2, 0.25) is 0 Å². The highest BCUT2D eigenvalue weighted by molar-refractivity contribution is 5.73. The summed E-state index contributed by atoms with van der Waals surface area (Å²) in [5, 5.41) is 17.2. The molecule has 0 aromatic carbocycles. The van der Waals surface area contributed by atoms with Crippen LogP contribution in [0.4, 0.5) is 0 Å². The summed E-state index contributed by atoms with van der Waals surface area (Å²) in [4.78, 5) is 23.0. The molecule has 2 aliphatic rings. The lowest BCUT2D eigenvalue weighted by Crippen LogP contribution is -2.40. The molecule has 0 aromatic heterocycles. The van der Waals surface area contributed by atoms with E-state index in [0.29, 0.717) is 18.4 Å². The average molecular weight is 344 g/mol. The van der Waals surface area contributed by atoms with E-state index in [1.165, 1.54) is 32.1 Å². The monoisotopic (exact) mass is 343 g/mol. The zero-order chi connectivity index (χ0) is 18.5. The molecule has 5 heteroatoms. The second-order valence-corrected chi connectivity index (χ2v) is 6.76. The Hall–Kier alpha value is -1.10. The van der Waals surface area contributed by atoms with Crippen LogP contribution in [0.1, 0.15) is 85.5 Å². The molecule has 24 heavy (non-hydrogen) atoms. The number of likely N-dealkylation sites (tertiary alicyclic amines) is 1. The predicted molar refractivity (Wildman–Crippen MR) is 97.3 cm³/mol. The fourth-order valence-electron chi connectivity index (χ4n) is 3.48. The van der Waals surface area contributed by atoms with Gasteiger partial charge in [-0.25, -0.2) is 0 Å². The normalized spacial score (nSPS) is 21.5. The summed E-state index contributed by atoms with van der Waals surface area (Å²) in [7, 11) is 0. The lowest BCUT2D eigenvalue weighted by atomic mass is 9.86. The van der Waals surface area contributed by atoms with Crippen molar-refractivity contribution in [3.8, 4) is 0 Å². The number of carboxylic acid groups (broad SMARTS) is 2. The molecule has 2 rings (SSSR count). The van der Waals surface area contributed by atoms with Crippen LogP contribution in [0.2, 0.25) is 0 Å². The summed E-state index contributed by atoms with van der Waals surface area (Å²) in [6.07, 6.45) is 9.58. The number of hydrogen-bond acceptors (Lipinski definition) is 3. The van der Waals surface area contributed by atoms with Crippen molar-refractivity contribution in [2.75, 3.05) is 6.54 Å². The topological polar surface area (TPSA) is 77.8 Å². The molecule has 1 saturated heterocycles. The first-order valence-electron chi connectivity index (χ1n) is 9.62. The predicted octanol–water partition coefficient (Wildman–Crippen LogP) is 4.40. The molecule has 142 valence electrons. The van der Waals surface area contributed by atoms with Crippen LogP contribution in [0, 0.1) is 5.92 Å². The van der Waals surface area contributed by atoms with Crippen LogP contribution < -0.4 is 0 Å². The van der Waals surface area contributed by atoms with Crippen molar-refractivity contribution in [1.82, 2.24) is 4.90 Å². The van der Waals surface area contributed by atoms with Gasteiger partial charge in [0.15, 0.2) is 0 Å². The maximum absolute atomic E-state index is 10.7. The molecule has 1 atom stereocenters. The molecule has 0 amide bonds. The van der Waals surface area contributed by atoms with Gasteiger partial charge in [0.25, 0.3) is 0 Å². The van der Waals surface area contributed by atoms with Gasteiger partial charge in [-0.1, -0.05) is 46.0 Å². The summed E-state index contributed by atoms with van der Waals surface area (Å²) in [5.41, 5.74) is 0. The summed E-state index contributed by atoms with van der Waals surface area (Å²) < 4.78 is 0. The highest BCUT2D eigenvalue weighted by atomic mass is 16.4. The van der Waals surface area contributed by atoms with Crippen molar-refractivity contribution in [1.29, 1.82) is 0 Å². The minimum Gasteiger partial charge on any atom is -0.481 e. The van der Waals surface area contributed by atoms with Gasteiger partial charge in [-0.05, 0) is 45.6 Å². The Labute approximate surface area is 147 Å². The van der Waals surface area contributed by atoms with Crippen LogP contribution in [0.5, 0.6) is 0 Å². The molecule has 1 heterocycles. The standard InChI is InChI=1S/C9H16O2.C8H15NO2.C2H6/c10-9(11)7-6-8-4-2-1-3-5-8;1-6(2)9-5-3-4-7(9)8(10)11;1-2/h8H,1-7H2,(H,10,11);6-7H,3-5H2,1-2H3,(H,10,11);1-2H3. The Balaban J connectivity index is 0.000000400. The number of nitrogens with zero attached hydrogens (tertiary/aromatic N) is 1. The number of carboxylic acids is 2. The number of aliphatic carboxylic acids is 2. The lowest BCUT2D eigenvalue weighted by Gasteiger charge is -2.24. The first kappa shape index (κ1) is 22.9. The first-order chi connectivity index (χ1) is 11.4. The Kier molecular flexibility index (Phi) is 12.6. The molecule has 2 fully saturated rings. The number of carbonyl (C=O) groups is 2.